The number of nitrogens with zero attached hydrogens (tertiary/aromatic N) is 2. The average molecular weight is 195 g/mol. The number of hydrogen-bond acceptors (Lipinski definition) is 4. The van der Waals surface area contributed by atoms with Gasteiger partial charge in [0.2, 0.25) is 5.89 Å². The number of aromatic nitrogens is 2. The van der Waals surface area contributed by atoms with E-state index in [0.717, 1.165) is 25.1 Å². The van der Waals surface area contributed by atoms with Crippen LogP contribution in [0.2, 0.25) is 0 Å². The highest BCUT2D eigenvalue weighted by Gasteiger charge is 2.39. The van der Waals surface area contributed by atoms with Crippen molar-refractivity contribution in [3.63, 3.8) is 0 Å². The summed E-state index contributed by atoms with van der Waals surface area (Å²) in [4.78, 5) is 4.34. The lowest BCUT2D eigenvalue weighted by molar-refractivity contribution is 0.181. The first-order valence-electron chi connectivity index (χ1n) is 5.22. The summed E-state index contributed by atoms with van der Waals surface area (Å²) >= 11 is 0. The Labute approximate surface area is 83.9 Å². The van der Waals surface area contributed by atoms with Crippen molar-refractivity contribution in [3.05, 3.63) is 11.7 Å². The molecule has 0 unspecified atom stereocenters. The molecule has 14 heavy (non-hydrogen) atoms. The van der Waals surface area contributed by atoms with Crippen LogP contribution in [-0.4, -0.2) is 10.1 Å². The Bertz CT molecular complexity index is 315. The average Bonchev–Trinajstić information content (AvgIpc) is 2.47. The molecule has 0 saturated heterocycles. The Morgan fingerprint density at radius 2 is 2.21 bits per heavy atom. The number of hydrogen-bond donors (Lipinski definition) is 1. The van der Waals surface area contributed by atoms with Crippen molar-refractivity contribution < 1.29 is 4.52 Å². The van der Waals surface area contributed by atoms with E-state index in [1.54, 1.807) is 0 Å². The van der Waals surface area contributed by atoms with E-state index in [2.05, 4.69) is 24.0 Å². The van der Waals surface area contributed by atoms with E-state index < -0.39 is 0 Å². The second-order valence-electron chi connectivity index (χ2n) is 4.62. The molecule has 1 fully saturated rings. The molecule has 78 valence electrons. The van der Waals surface area contributed by atoms with Crippen LogP contribution in [0.15, 0.2) is 4.52 Å². The van der Waals surface area contributed by atoms with E-state index in [1.165, 1.54) is 6.42 Å². The highest BCUT2D eigenvalue weighted by Crippen LogP contribution is 2.37. The minimum Gasteiger partial charge on any atom is -0.337 e. The molecule has 0 radical (unpaired) electrons. The van der Waals surface area contributed by atoms with Crippen LogP contribution in [0, 0.1) is 5.92 Å². The van der Waals surface area contributed by atoms with Crippen LogP contribution in [0.1, 0.15) is 44.8 Å². The lowest BCUT2D eigenvalue weighted by Crippen LogP contribution is -2.43. The molecule has 4 heteroatoms. The summed E-state index contributed by atoms with van der Waals surface area (Å²) in [5, 5.41) is 3.94. The molecule has 0 aromatic carbocycles. The zero-order chi connectivity index (χ0) is 10.2. The number of rotatable bonds is 3. The van der Waals surface area contributed by atoms with E-state index in [-0.39, 0.29) is 5.54 Å². The Morgan fingerprint density at radius 3 is 2.71 bits per heavy atom. The van der Waals surface area contributed by atoms with Crippen molar-refractivity contribution in [2.45, 2.75) is 45.1 Å². The Kier molecular flexibility index (Phi) is 2.31. The van der Waals surface area contributed by atoms with Crippen molar-refractivity contribution in [1.82, 2.24) is 10.1 Å². The first kappa shape index (κ1) is 9.65. The van der Waals surface area contributed by atoms with Gasteiger partial charge in [-0.15, -0.1) is 0 Å². The van der Waals surface area contributed by atoms with Crippen LogP contribution in [0.4, 0.5) is 0 Å². The monoisotopic (exact) mass is 195 g/mol. The molecule has 0 spiro atoms. The van der Waals surface area contributed by atoms with Crippen LogP contribution in [0.3, 0.4) is 0 Å². The SMILES string of the molecule is CC(C)Cc1noc(C2(N)CCC2)n1. The normalized spacial score (nSPS) is 19.7. The predicted octanol–water partition coefficient (Wildman–Crippen LogP) is 1.61. The van der Waals surface area contributed by atoms with Gasteiger partial charge in [-0.3, -0.25) is 0 Å². The minimum atomic E-state index is -0.317. The molecule has 0 aliphatic heterocycles. The van der Waals surface area contributed by atoms with Crippen LogP contribution < -0.4 is 5.73 Å². The van der Waals surface area contributed by atoms with Crippen molar-refractivity contribution in [2.75, 3.05) is 0 Å². The molecule has 1 aromatic heterocycles. The molecule has 1 aliphatic rings. The van der Waals surface area contributed by atoms with Crippen LogP contribution in [0.5, 0.6) is 0 Å². The van der Waals surface area contributed by atoms with Gasteiger partial charge >= 0.3 is 0 Å². The molecule has 2 rings (SSSR count). The van der Waals surface area contributed by atoms with Crippen LogP contribution in [-0.2, 0) is 12.0 Å². The highest BCUT2D eigenvalue weighted by atomic mass is 16.5. The molecular formula is C10H17N3O. The lowest BCUT2D eigenvalue weighted by atomic mass is 9.78. The molecule has 0 amide bonds. The van der Waals surface area contributed by atoms with Crippen molar-refractivity contribution in [1.29, 1.82) is 0 Å². The third kappa shape index (κ3) is 1.66. The summed E-state index contributed by atoms with van der Waals surface area (Å²) < 4.78 is 5.19. The third-order valence-electron chi connectivity index (χ3n) is 2.73. The zero-order valence-electron chi connectivity index (χ0n) is 8.79. The fraction of sp³-hybridized carbons (Fsp3) is 0.800. The standard InChI is InChI=1S/C10H17N3O/c1-7(2)6-8-12-9(14-13-8)10(11)4-3-5-10/h7H,3-6,11H2,1-2H3. The quantitative estimate of drug-likeness (QED) is 0.795. The highest BCUT2D eigenvalue weighted by molar-refractivity contribution is 5.07. The summed E-state index contributed by atoms with van der Waals surface area (Å²) in [6.45, 7) is 4.27. The number of nitrogens with two attached hydrogens (primary N) is 1. The topological polar surface area (TPSA) is 64.9 Å². The van der Waals surface area contributed by atoms with E-state index in [4.69, 9.17) is 10.3 Å². The van der Waals surface area contributed by atoms with Crippen LogP contribution in [0.25, 0.3) is 0 Å². The second-order valence-corrected chi connectivity index (χ2v) is 4.62. The molecule has 1 aromatic rings. The molecule has 0 bridgehead atoms. The largest absolute Gasteiger partial charge is 0.337 e. The summed E-state index contributed by atoms with van der Waals surface area (Å²) in [6, 6.07) is 0. The Balaban J connectivity index is 2.09. The maximum Gasteiger partial charge on any atom is 0.246 e. The van der Waals surface area contributed by atoms with E-state index in [1.807, 2.05) is 0 Å². The minimum absolute atomic E-state index is 0.317. The molecule has 0 atom stereocenters. The summed E-state index contributed by atoms with van der Waals surface area (Å²) in [5.74, 6) is 1.96. The zero-order valence-corrected chi connectivity index (χ0v) is 8.79. The van der Waals surface area contributed by atoms with E-state index >= 15 is 0 Å². The first-order valence-corrected chi connectivity index (χ1v) is 5.22. The van der Waals surface area contributed by atoms with Gasteiger partial charge in [0.1, 0.15) is 0 Å². The molecule has 4 nitrogen and oxygen atoms in total. The maximum absolute atomic E-state index is 6.07. The fourth-order valence-corrected chi connectivity index (χ4v) is 1.68. The van der Waals surface area contributed by atoms with Gasteiger partial charge in [-0.25, -0.2) is 0 Å². The van der Waals surface area contributed by atoms with Gasteiger partial charge in [0.25, 0.3) is 0 Å². The van der Waals surface area contributed by atoms with Crippen molar-refractivity contribution in [2.24, 2.45) is 11.7 Å². The van der Waals surface area contributed by atoms with Crippen LogP contribution >= 0.6 is 0 Å². The third-order valence-corrected chi connectivity index (χ3v) is 2.73. The summed E-state index contributed by atoms with van der Waals surface area (Å²) in [7, 11) is 0. The lowest BCUT2D eigenvalue weighted by Gasteiger charge is -2.33. The molecule has 1 saturated carbocycles. The van der Waals surface area contributed by atoms with Gasteiger partial charge in [-0.2, -0.15) is 4.98 Å². The van der Waals surface area contributed by atoms with Crippen molar-refractivity contribution in [3.8, 4) is 0 Å². The maximum atomic E-state index is 6.07. The van der Waals surface area contributed by atoms with E-state index in [0.29, 0.717) is 11.8 Å². The molecular weight excluding hydrogens is 178 g/mol. The Hall–Kier alpha value is -0.900. The van der Waals surface area contributed by atoms with Gasteiger partial charge in [0, 0.05) is 6.42 Å². The van der Waals surface area contributed by atoms with Gasteiger partial charge in [-0.1, -0.05) is 19.0 Å². The molecule has 1 heterocycles. The fourth-order valence-electron chi connectivity index (χ4n) is 1.68. The first-order chi connectivity index (χ1) is 6.60. The molecule has 2 N–H and O–H groups in total. The van der Waals surface area contributed by atoms with Gasteiger partial charge in [0.05, 0.1) is 5.54 Å². The summed E-state index contributed by atoms with van der Waals surface area (Å²) in [5.41, 5.74) is 5.75. The molecule has 1 aliphatic carbocycles. The van der Waals surface area contributed by atoms with Gasteiger partial charge in [0.15, 0.2) is 5.82 Å². The van der Waals surface area contributed by atoms with Gasteiger partial charge in [-0.05, 0) is 25.2 Å². The predicted molar refractivity (Wildman–Crippen MR) is 52.6 cm³/mol. The Morgan fingerprint density at radius 1 is 1.50 bits per heavy atom. The van der Waals surface area contributed by atoms with Crippen molar-refractivity contribution >= 4 is 0 Å². The summed E-state index contributed by atoms with van der Waals surface area (Å²) in [6.07, 6.45) is 3.96. The second kappa shape index (κ2) is 3.35. The van der Waals surface area contributed by atoms with E-state index in [9.17, 15) is 0 Å². The smallest absolute Gasteiger partial charge is 0.246 e. The van der Waals surface area contributed by atoms with Gasteiger partial charge < -0.3 is 10.3 Å².